The summed E-state index contributed by atoms with van der Waals surface area (Å²) in [5.41, 5.74) is 0. The first kappa shape index (κ1) is 70.3. The van der Waals surface area contributed by atoms with Crippen LogP contribution in [0.5, 0.6) is 0 Å². The van der Waals surface area contributed by atoms with Gasteiger partial charge in [0.05, 0.1) is 0 Å². The van der Waals surface area contributed by atoms with E-state index < -0.39 is 6.10 Å². The first-order chi connectivity index (χ1) is 37.0. The Morgan fingerprint density at radius 1 is 0.280 bits per heavy atom. The molecule has 0 aromatic heterocycles. The Balaban J connectivity index is 4.52. The third-order valence-electron chi connectivity index (χ3n) is 12.3. The van der Waals surface area contributed by atoms with E-state index in [9.17, 15) is 14.4 Å². The van der Waals surface area contributed by atoms with Gasteiger partial charge >= 0.3 is 17.9 Å². The Morgan fingerprint density at radius 2 is 0.533 bits per heavy atom. The number of hydrogen-bond acceptors (Lipinski definition) is 6. The lowest BCUT2D eigenvalue weighted by Gasteiger charge is -2.18. The SMILES string of the molecule is CC/C=C\C/C=C\C/C=C\C/C=C\C/C=C\CCCC(=O)OCC(COC(=O)CCCCCCCCCCCCC/C=C\C/C=C\CCCCCCC)OC(=O)CCC/C=C\C/C=C\C/C=C\C/C=C\C/C=C\CC. The van der Waals surface area contributed by atoms with Crippen LogP contribution in [0.4, 0.5) is 0 Å². The van der Waals surface area contributed by atoms with Gasteiger partial charge in [-0.3, -0.25) is 14.4 Å². The van der Waals surface area contributed by atoms with Crippen LogP contribution < -0.4 is 0 Å². The zero-order chi connectivity index (χ0) is 54.3. The topological polar surface area (TPSA) is 78.9 Å². The van der Waals surface area contributed by atoms with Gasteiger partial charge in [0.25, 0.3) is 0 Å². The van der Waals surface area contributed by atoms with E-state index in [1.54, 1.807) is 0 Å². The zero-order valence-corrected chi connectivity index (χ0v) is 48.3. The molecule has 0 aliphatic heterocycles. The van der Waals surface area contributed by atoms with Crippen LogP contribution in [-0.4, -0.2) is 37.2 Å². The van der Waals surface area contributed by atoms with Crippen molar-refractivity contribution in [1.29, 1.82) is 0 Å². The molecule has 422 valence electrons. The largest absolute Gasteiger partial charge is 0.462 e. The van der Waals surface area contributed by atoms with Gasteiger partial charge in [0.2, 0.25) is 0 Å². The molecule has 0 aliphatic rings. The van der Waals surface area contributed by atoms with Crippen LogP contribution in [0.1, 0.15) is 252 Å². The first-order valence-electron chi connectivity index (χ1n) is 30.3. The molecule has 0 amide bonds. The molecule has 0 N–H and O–H groups in total. The van der Waals surface area contributed by atoms with Crippen LogP contribution >= 0.6 is 0 Å². The summed E-state index contributed by atoms with van der Waals surface area (Å²) in [7, 11) is 0. The van der Waals surface area contributed by atoms with E-state index in [1.165, 1.54) is 96.3 Å². The molecule has 0 bridgehead atoms. The highest BCUT2D eigenvalue weighted by Crippen LogP contribution is 2.14. The molecular weight excluding hydrogens is 925 g/mol. The highest BCUT2D eigenvalue weighted by molar-refractivity contribution is 5.71. The average Bonchev–Trinajstić information content (AvgIpc) is 3.41. The molecule has 0 aromatic rings. The van der Waals surface area contributed by atoms with Crippen LogP contribution in [0.15, 0.2) is 146 Å². The van der Waals surface area contributed by atoms with Gasteiger partial charge in [-0.05, 0) is 128 Å². The highest BCUT2D eigenvalue weighted by atomic mass is 16.6. The normalized spacial score (nSPS) is 13.2. The molecule has 1 unspecified atom stereocenters. The van der Waals surface area contributed by atoms with E-state index in [0.29, 0.717) is 19.3 Å². The molecule has 0 radical (unpaired) electrons. The third kappa shape index (κ3) is 60.0. The maximum atomic E-state index is 12.9. The number of carbonyl (C=O) groups is 3. The van der Waals surface area contributed by atoms with Crippen LogP contribution in [0, 0.1) is 0 Å². The number of rotatable bonds is 53. The average molecular weight is 1040 g/mol. The number of unbranched alkanes of at least 4 members (excludes halogenated alkanes) is 18. The van der Waals surface area contributed by atoms with E-state index in [0.717, 1.165) is 103 Å². The van der Waals surface area contributed by atoms with Gasteiger partial charge in [0.15, 0.2) is 6.10 Å². The van der Waals surface area contributed by atoms with Gasteiger partial charge < -0.3 is 14.2 Å². The molecule has 0 fully saturated rings. The van der Waals surface area contributed by atoms with Crippen molar-refractivity contribution < 1.29 is 28.6 Å². The molecule has 0 spiro atoms. The van der Waals surface area contributed by atoms with Crippen molar-refractivity contribution in [2.75, 3.05) is 13.2 Å². The van der Waals surface area contributed by atoms with E-state index in [4.69, 9.17) is 14.2 Å². The Kier molecular flexibility index (Phi) is 58.0. The Morgan fingerprint density at radius 3 is 0.867 bits per heavy atom. The Hall–Kier alpha value is -4.71. The second kappa shape index (κ2) is 61.8. The second-order valence-corrected chi connectivity index (χ2v) is 19.5. The van der Waals surface area contributed by atoms with Gasteiger partial charge in [0.1, 0.15) is 13.2 Å². The van der Waals surface area contributed by atoms with E-state index >= 15 is 0 Å². The van der Waals surface area contributed by atoms with E-state index in [1.807, 2.05) is 0 Å². The Bertz CT molecular complexity index is 1660. The molecule has 6 heteroatoms. The lowest BCUT2D eigenvalue weighted by molar-refractivity contribution is -0.167. The molecule has 0 rings (SSSR count). The molecular formula is C69H110O6. The Labute approximate surface area is 461 Å². The smallest absolute Gasteiger partial charge is 0.306 e. The number of esters is 3. The standard InChI is InChI=1S/C69H110O6/c1-4-7-10-13-16-19-22-25-28-31-32-33-34-35-36-39-41-44-47-50-53-56-59-62-68(71)74-65-66(75-69(72)63-60-57-54-51-48-45-42-38-30-27-24-21-18-15-12-9-6-3)64-73-67(70)61-58-55-52-49-46-43-40-37-29-26-23-20-17-14-11-8-5-2/h8-9,11-12,17-18,20-22,25-27,29-32,40,42-43,45,49,51-52,54,66H,4-7,10,13-16,19,23-24,28,33-39,41,44,46-48,50,53,55-65H2,1-3H3/b11-8-,12-9-,20-17-,21-18-,25-22-,29-26-,30-27-,32-31-,43-40-,45-42-,52-49-,54-51-. The van der Waals surface area contributed by atoms with Crippen molar-refractivity contribution in [2.24, 2.45) is 0 Å². The zero-order valence-electron chi connectivity index (χ0n) is 48.3. The van der Waals surface area contributed by atoms with Gasteiger partial charge in [0, 0.05) is 19.3 Å². The quantitative estimate of drug-likeness (QED) is 0.0261. The minimum absolute atomic E-state index is 0.125. The summed E-state index contributed by atoms with van der Waals surface area (Å²) in [6.07, 6.45) is 88.6. The summed E-state index contributed by atoms with van der Waals surface area (Å²) in [6.45, 7) is 6.30. The highest BCUT2D eigenvalue weighted by Gasteiger charge is 2.19. The molecule has 75 heavy (non-hydrogen) atoms. The van der Waals surface area contributed by atoms with Crippen molar-refractivity contribution in [3.05, 3.63) is 146 Å². The molecule has 0 aromatic carbocycles. The maximum Gasteiger partial charge on any atom is 0.306 e. The molecule has 0 aliphatic carbocycles. The van der Waals surface area contributed by atoms with Gasteiger partial charge in [-0.25, -0.2) is 0 Å². The summed E-state index contributed by atoms with van der Waals surface area (Å²) in [5, 5.41) is 0. The minimum Gasteiger partial charge on any atom is -0.462 e. The molecule has 0 saturated carbocycles. The number of carbonyl (C=O) groups excluding carboxylic acids is 3. The summed E-state index contributed by atoms with van der Waals surface area (Å²) in [4.78, 5) is 38.2. The van der Waals surface area contributed by atoms with Crippen LogP contribution in [0.2, 0.25) is 0 Å². The van der Waals surface area contributed by atoms with Crippen molar-refractivity contribution in [2.45, 2.75) is 258 Å². The van der Waals surface area contributed by atoms with Crippen molar-refractivity contribution in [3.63, 3.8) is 0 Å². The predicted octanol–water partition coefficient (Wildman–Crippen LogP) is 20.8. The van der Waals surface area contributed by atoms with E-state index in [2.05, 4.69) is 167 Å². The fraction of sp³-hybridized carbons (Fsp3) is 0.609. The fourth-order valence-electron chi connectivity index (χ4n) is 7.84. The van der Waals surface area contributed by atoms with E-state index in [-0.39, 0.29) is 44.0 Å². The molecule has 6 nitrogen and oxygen atoms in total. The van der Waals surface area contributed by atoms with Crippen LogP contribution in [-0.2, 0) is 28.6 Å². The van der Waals surface area contributed by atoms with Gasteiger partial charge in [-0.2, -0.15) is 0 Å². The van der Waals surface area contributed by atoms with Gasteiger partial charge in [-0.1, -0.05) is 250 Å². The lowest BCUT2D eigenvalue weighted by Crippen LogP contribution is -2.30. The summed E-state index contributed by atoms with van der Waals surface area (Å²) >= 11 is 0. The summed E-state index contributed by atoms with van der Waals surface area (Å²) in [5.74, 6) is -1.05. The molecule has 0 heterocycles. The lowest BCUT2D eigenvalue weighted by atomic mass is 10.0. The van der Waals surface area contributed by atoms with Crippen LogP contribution in [0.3, 0.4) is 0 Å². The number of allylic oxidation sites excluding steroid dienone is 24. The maximum absolute atomic E-state index is 12.9. The monoisotopic (exact) mass is 1030 g/mol. The minimum atomic E-state index is -0.839. The van der Waals surface area contributed by atoms with Crippen molar-refractivity contribution >= 4 is 17.9 Å². The van der Waals surface area contributed by atoms with Crippen molar-refractivity contribution in [3.8, 4) is 0 Å². The molecule has 1 atom stereocenters. The number of hydrogen-bond donors (Lipinski definition) is 0. The predicted molar refractivity (Wildman–Crippen MR) is 325 cm³/mol. The van der Waals surface area contributed by atoms with Gasteiger partial charge in [-0.15, -0.1) is 0 Å². The third-order valence-corrected chi connectivity index (χ3v) is 12.3. The van der Waals surface area contributed by atoms with Crippen LogP contribution in [0.25, 0.3) is 0 Å². The first-order valence-corrected chi connectivity index (χ1v) is 30.3. The fourth-order valence-corrected chi connectivity index (χ4v) is 7.84. The molecule has 0 saturated heterocycles. The summed E-state index contributed by atoms with van der Waals surface area (Å²) in [6, 6.07) is 0. The second-order valence-electron chi connectivity index (χ2n) is 19.5. The summed E-state index contributed by atoms with van der Waals surface area (Å²) < 4.78 is 16.8. The number of ether oxygens (including phenoxy) is 3. The van der Waals surface area contributed by atoms with Crippen molar-refractivity contribution in [1.82, 2.24) is 0 Å².